The number of nitrogens with zero attached hydrogens (tertiary/aromatic N) is 2. The number of hydrogen-bond donors (Lipinski definition) is 0. The molecule has 0 N–H and O–H groups in total. The van der Waals surface area contributed by atoms with E-state index >= 15 is 0 Å². The van der Waals surface area contributed by atoms with Gasteiger partial charge in [-0.2, -0.15) is 0 Å². The Hall–Kier alpha value is -1.45. The SMILES string of the molecule is CC(C)(C)OC(=O)N(COCC[Si](C)(C)C)C1=N[C@](C)(c2cccc(F)c2F)[C@@H]2C[C@@H]2S1. The lowest BCUT2D eigenvalue weighted by atomic mass is 9.87. The molecule has 1 amide bonds. The number of amides is 1. The normalized spacial score (nSPS) is 25.1. The molecule has 3 atom stereocenters. The first-order valence-corrected chi connectivity index (χ1v) is 15.6. The molecule has 1 saturated carbocycles. The maximum absolute atomic E-state index is 14.7. The van der Waals surface area contributed by atoms with Crippen molar-refractivity contribution in [3.63, 3.8) is 0 Å². The van der Waals surface area contributed by atoms with Crippen LogP contribution in [-0.4, -0.2) is 48.4 Å². The number of rotatable bonds is 6. The molecule has 9 heteroatoms. The topological polar surface area (TPSA) is 51.1 Å². The summed E-state index contributed by atoms with van der Waals surface area (Å²) in [4.78, 5) is 19.2. The van der Waals surface area contributed by atoms with Crippen molar-refractivity contribution in [3.8, 4) is 0 Å². The van der Waals surface area contributed by atoms with E-state index in [4.69, 9.17) is 14.5 Å². The highest BCUT2D eigenvalue weighted by Crippen LogP contribution is 2.58. The van der Waals surface area contributed by atoms with Crippen LogP contribution in [0.1, 0.15) is 39.7 Å². The first kappa shape index (κ1) is 25.2. The third kappa shape index (κ3) is 5.91. The predicted molar refractivity (Wildman–Crippen MR) is 128 cm³/mol. The summed E-state index contributed by atoms with van der Waals surface area (Å²) in [5.41, 5.74) is -1.43. The molecule has 3 rings (SSSR count). The van der Waals surface area contributed by atoms with Crippen LogP contribution in [0, 0.1) is 17.6 Å². The smallest absolute Gasteiger partial charge is 0.418 e. The third-order valence-corrected chi connectivity index (χ3v) is 8.65. The van der Waals surface area contributed by atoms with Gasteiger partial charge >= 0.3 is 6.09 Å². The number of carbonyl (C=O) groups is 1. The van der Waals surface area contributed by atoms with Crippen LogP contribution in [0.4, 0.5) is 13.6 Å². The van der Waals surface area contributed by atoms with E-state index in [-0.39, 0.29) is 23.5 Å². The molecule has 1 heterocycles. The molecule has 0 spiro atoms. The van der Waals surface area contributed by atoms with E-state index in [1.165, 1.54) is 22.7 Å². The highest BCUT2D eigenvalue weighted by molar-refractivity contribution is 8.14. The van der Waals surface area contributed by atoms with Crippen molar-refractivity contribution in [1.29, 1.82) is 0 Å². The number of fused-ring (bicyclic) bond motifs is 1. The molecule has 0 saturated heterocycles. The highest BCUT2D eigenvalue weighted by Gasteiger charge is 2.57. The zero-order valence-electron chi connectivity index (χ0n) is 20.0. The van der Waals surface area contributed by atoms with Gasteiger partial charge in [0.2, 0.25) is 0 Å². The summed E-state index contributed by atoms with van der Waals surface area (Å²) in [5.74, 6) is -1.69. The first-order valence-electron chi connectivity index (χ1n) is 11.0. The second-order valence-corrected chi connectivity index (χ2v) is 17.7. The van der Waals surface area contributed by atoms with Gasteiger partial charge < -0.3 is 9.47 Å². The Kier molecular flexibility index (Phi) is 7.13. The number of ether oxygens (including phenoxy) is 2. The number of halogens is 2. The van der Waals surface area contributed by atoms with E-state index in [1.807, 2.05) is 6.92 Å². The van der Waals surface area contributed by atoms with Crippen LogP contribution in [0.25, 0.3) is 0 Å². The molecule has 178 valence electrons. The molecule has 1 aliphatic heterocycles. The van der Waals surface area contributed by atoms with Crippen LogP contribution in [0.15, 0.2) is 23.2 Å². The van der Waals surface area contributed by atoms with Crippen molar-refractivity contribution in [3.05, 3.63) is 35.4 Å². The van der Waals surface area contributed by atoms with Crippen molar-refractivity contribution in [1.82, 2.24) is 4.90 Å². The van der Waals surface area contributed by atoms with Gasteiger partial charge in [-0.3, -0.25) is 4.99 Å². The van der Waals surface area contributed by atoms with Gasteiger partial charge in [-0.05, 0) is 46.2 Å². The summed E-state index contributed by atoms with van der Waals surface area (Å²) in [6.45, 7) is 14.5. The minimum atomic E-state index is -1.29. The van der Waals surface area contributed by atoms with E-state index in [1.54, 1.807) is 26.8 Å². The third-order valence-electron chi connectivity index (χ3n) is 5.60. The van der Waals surface area contributed by atoms with Crippen molar-refractivity contribution >= 4 is 31.1 Å². The summed E-state index contributed by atoms with van der Waals surface area (Å²) in [5, 5.41) is 0.610. The number of hydrogen-bond acceptors (Lipinski definition) is 5. The summed E-state index contributed by atoms with van der Waals surface area (Å²) in [6, 6.07) is 5.14. The van der Waals surface area contributed by atoms with Gasteiger partial charge in [0.1, 0.15) is 12.3 Å². The second-order valence-electron chi connectivity index (χ2n) is 10.9. The summed E-state index contributed by atoms with van der Waals surface area (Å²) in [6.07, 6.45) is 0.265. The van der Waals surface area contributed by atoms with Crippen LogP contribution >= 0.6 is 11.8 Å². The van der Waals surface area contributed by atoms with Gasteiger partial charge in [-0.25, -0.2) is 18.5 Å². The zero-order valence-corrected chi connectivity index (χ0v) is 21.8. The zero-order chi connectivity index (χ0) is 23.9. The molecule has 0 aromatic heterocycles. The van der Waals surface area contributed by atoms with Gasteiger partial charge in [-0.15, -0.1) is 0 Å². The molecule has 1 aromatic rings. The quantitative estimate of drug-likeness (QED) is 0.273. The van der Waals surface area contributed by atoms with Crippen LogP contribution in [-0.2, 0) is 15.0 Å². The van der Waals surface area contributed by atoms with Gasteiger partial charge in [-0.1, -0.05) is 43.5 Å². The average Bonchev–Trinajstić information content (AvgIpc) is 3.42. The van der Waals surface area contributed by atoms with Gasteiger partial charge in [0.25, 0.3) is 0 Å². The van der Waals surface area contributed by atoms with E-state index in [0.29, 0.717) is 11.8 Å². The standard InChI is InChI=1S/C23H34F2N2O3SSi/c1-22(2,3)30-21(28)27(14-29-11-12-32(5,6)7)20-26-23(4,16-13-18(16)31-20)15-9-8-10-17(24)19(15)25/h8-10,16,18H,11-14H2,1-7H3/t16-,18+,23-/m1/s1. The average molecular weight is 485 g/mol. The van der Waals surface area contributed by atoms with Gasteiger partial charge in [0.15, 0.2) is 16.8 Å². The largest absolute Gasteiger partial charge is 0.443 e. The van der Waals surface area contributed by atoms with E-state index in [9.17, 15) is 13.6 Å². The van der Waals surface area contributed by atoms with Crippen LogP contribution in [0.2, 0.25) is 25.7 Å². The number of carbonyl (C=O) groups excluding carboxylic acids is 1. The summed E-state index contributed by atoms with van der Waals surface area (Å²) in [7, 11) is -1.29. The molecule has 1 aliphatic carbocycles. The first-order chi connectivity index (χ1) is 14.7. The fraction of sp³-hybridized carbons (Fsp3) is 0.652. The monoisotopic (exact) mass is 484 g/mol. The minimum Gasteiger partial charge on any atom is -0.443 e. The summed E-state index contributed by atoms with van der Waals surface area (Å²) >= 11 is 1.48. The molecule has 0 unspecified atom stereocenters. The molecule has 0 bridgehead atoms. The van der Waals surface area contributed by atoms with E-state index in [0.717, 1.165) is 18.5 Å². The lowest BCUT2D eigenvalue weighted by molar-refractivity contribution is 0.0110. The molecular formula is C23H34F2N2O3SSi. The Balaban J connectivity index is 1.90. The Morgan fingerprint density at radius 2 is 2.00 bits per heavy atom. The molecule has 1 aromatic carbocycles. The molecule has 5 nitrogen and oxygen atoms in total. The molecule has 1 fully saturated rings. The van der Waals surface area contributed by atoms with Gasteiger partial charge in [0, 0.05) is 31.4 Å². The molecule has 32 heavy (non-hydrogen) atoms. The van der Waals surface area contributed by atoms with Crippen LogP contribution in [0.5, 0.6) is 0 Å². The fourth-order valence-electron chi connectivity index (χ4n) is 3.65. The van der Waals surface area contributed by atoms with E-state index in [2.05, 4.69) is 19.6 Å². The lowest BCUT2D eigenvalue weighted by Crippen LogP contribution is -2.44. The Bertz CT molecular complexity index is 900. The van der Waals surface area contributed by atoms with Gasteiger partial charge in [0.05, 0.1) is 5.54 Å². The van der Waals surface area contributed by atoms with Crippen LogP contribution in [0.3, 0.4) is 0 Å². The van der Waals surface area contributed by atoms with E-state index < -0.39 is 36.9 Å². The fourth-order valence-corrected chi connectivity index (χ4v) is 5.91. The summed E-state index contributed by atoms with van der Waals surface area (Å²) < 4.78 is 40.2. The number of benzene rings is 1. The minimum absolute atomic E-state index is 0.00429. The lowest BCUT2D eigenvalue weighted by Gasteiger charge is -2.35. The second kappa shape index (κ2) is 9.06. The number of amidine groups is 1. The molecule has 2 aliphatic rings. The molecular weight excluding hydrogens is 450 g/mol. The molecule has 0 radical (unpaired) electrons. The van der Waals surface area contributed by atoms with Crippen LogP contribution < -0.4 is 0 Å². The maximum atomic E-state index is 14.7. The van der Waals surface area contributed by atoms with Crippen molar-refractivity contribution in [2.24, 2.45) is 10.9 Å². The Morgan fingerprint density at radius 3 is 2.62 bits per heavy atom. The number of aliphatic imine (C=N–C) groups is 1. The number of thioether (sulfide) groups is 1. The maximum Gasteiger partial charge on any atom is 0.418 e. The highest BCUT2D eigenvalue weighted by atomic mass is 32.2. The van der Waals surface area contributed by atoms with Crippen molar-refractivity contribution < 1.29 is 23.0 Å². The predicted octanol–water partition coefficient (Wildman–Crippen LogP) is 6.22. The van der Waals surface area contributed by atoms with Crippen molar-refractivity contribution in [2.75, 3.05) is 13.3 Å². The van der Waals surface area contributed by atoms with Crippen molar-refractivity contribution in [2.45, 2.75) is 76.2 Å². The Labute approximate surface area is 195 Å². The Morgan fingerprint density at radius 1 is 1.31 bits per heavy atom.